The highest BCUT2D eigenvalue weighted by molar-refractivity contribution is 5.83. The molecule has 0 fully saturated rings. The van der Waals surface area contributed by atoms with Gasteiger partial charge in [0.2, 0.25) is 5.91 Å². The molecular weight excluding hydrogens is 378 g/mol. The van der Waals surface area contributed by atoms with Crippen molar-refractivity contribution in [3.8, 4) is 11.1 Å². The summed E-state index contributed by atoms with van der Waals surface area (Å²) in [6.07, 6.45) is -3.47. The van der Waals surface area contributed by atoms with Crippen LogP contribution in [0.2, 0.25) is 0 Å². The summed E-state index contributed by atoms with van der Waals surface area (Å²) in [4.78, 5) is 30.4. The molecule has 8 heteroatoms. The highest BCUT2D eigenvalue weighted by Gasteiger charge is 2.29. The number of carbonyl (C=O) groups excluding carboxylic acids is 1. The maximum Gasteiger partial charge on any atom is 0.335 e. The van der Waals surface area contributed by atoms with Gasteiger partial charge in [0.25, 0.3) is 0 Å². The van der Waals surface area contributed by atoms with E-state index in [4.69, 9.17) is 20.4 Å². The van der Waals surface area contributed by atoms with Gasteiger partial charge < -0.3 is 25.7 Å². The average Bonchev–Trinajstić information content (AvgIpc) is 2.71. The van der Waals surface area contributed by atoms with Gasteiger partial charge in [0, 0.05) is 13.5 Å². The van der Waals surface area contributed by atoms with Gasteiger partial charge in [-0.05, 0) is 28.7 Å². The zero-order valence-electron chi connectivity index (χ0n) is 16.2. The third-order valence-corrected chi connectivity index (χ3v) is 4.00. The van der Waals surface area contributed by atoms with Crippen molar-refractivity contribution in [1.29, 1.82) is 0 Å². The highest BCUT2D eigenvalue weighted by Crippen LogP contribution is 2.20. The van der Waals surface area contributed by atoms with Crippen LogP contribution < -0.4 is 5.32 Å². The van der Waals surface area contributed by atoms with E-state index in [0.29, 0.717) is 6.54 Å². The molecule has 0 aliphatic carbocycles. The Balaban J connectivity index is 0.000000359. The van der Waals surface area contributed by atoms with Gasteiger partial charge in [-0.3, -0.25) is 4.79 Å². The molecule has 0 saturated carbocycles. The number of benzene rings is 2. The van der Waals surface area contributed by atoms with Crippen molar-refractivity contribution < 1.29 is 34.8 Å². The minimum absolute atomic E-state index is 0.000712. The largest absolute Gasteiger partial charge is 0.479 e. The van der Waals surface area contributed by atoms with Crippen molar-refractivity contribution in [2.45, 2.75) is 39.0 Å². The summed E-state index contributed by atoms with van der Waals surface area (Å²) in [7, 11) is 0. The third kappa shape index (κ3) is 8.12. The smallest absolute Gasteiger partial charge is 0.335 e. The second-order valence-corrected chi connectivity index (χ2v) is 6.22. The van der Waals surface area contributed by atoms with E-state index in [1.807, 2.05) is 0 Å². The Hall–Kier alpha value is -3.23. The van der Waals surface area contributed by atoms with Crippen LogP contribution in [0.4, 0.5) is 0 Å². The summed E-state index contributed by atoms with van der Waals surface area (Å²) in [6, 6.07) is 16.9. The lowest BCUT2D eigenvalue weighted by Gasteiger charge is -2.07. The number of rotatable bonds is 7. The van der Waals surface area contributed by atoms with Crippen LogP contribution in [0.25, 0.3) is 11.1 Å². The molecule has 0 heterocycles. The fourth-order valence-electron chi connectivity index (χ4n) is 2.24. The fourth-order valence-corrected chi connectivity index (χ4v) is 2.24. The molecule has 1 amide bonds. The predicted molar refractivity (Wildman–Crippen MR) is 106 cm³/mol. The number of carboxylic acids is 2. The molecule has 29 heavy (non-hydrogen) atoms. The number of amides is 1. The summed E-state index contributed by atoms with van der Waals surface area (Å²) in [5, 5.41) is 35.3. The molecule has 2 aromatic carbocycles. The van der Waals surface area contributed by atoms with Crippen LogP contribution in [-0.4, -0.2) is 50.5 Å². The Morgan fingerprint density at radius 1 is 0.793 bits per heavy atom. The van der Waals surface area contributed by atoms with Gasteiger partial charge in [-0.2, -0.15) is 0 Å². The third-order valence-electron chi connectivity index (χ3n) is 4.00. The van der Waals surface area contributed by atoms with E-state index in [0.717, 1.165) is 12.0 Å². The van der Waals surface area contributed by atoms with Crippen LogP contribution in [0.15, 0.2) is 48.5 Å². The first kappa shape index (κ1) is 23.8. The van der Waals surface area contributed by atoms with Gasteiger partial charge in [-0.1, -0.05) is 55.5 Å². The molecule has 0 saturated heterocycles. The van der Waals surface area contributed by atoms with Crippen LogP contribution in [0.1, 0.15) is 25.0 Å². The fraction of sp³-hybridized carbons (Fsp3) is 0.286. The number of nitrogens with one attached hydrogen (secondary N) is 1. The van der Waals surface area contributed by atoms with Crippen molar-refractivity contribution in [2.24, 2.45) is 0 Å². The van der Waals surface area contributed by atoms with Crippen molar-refractivity contribution >= 4 is 17.8 Å². The molecule has 2 atom stereocenters. The SMILES string of the molecule is CCc1ccc(-c2ccc(CNC(C)=O)cc2)cc1.O=C(O)C(O)C(O)C(=O)O. The van der Waals surface area contributed by atoms with Gasteiger partial charge in [0.05, 0.1) is 0 Å². The Bertz CT molecular complexity index is 798. The van der Waals surface area contributed by atoms with Gasteiger partial charge >= 0.3 is 11.9 Å². The summed E-state index contributed by atoms with van der Waals surface area (Å²) in [5.74, 6) is -3.54. The van der Waals surface area contributed by atoms with Gasteiger partial charge in [0.15, 0.2) is 12.2 Å². The van der Waals surface area contributed by atoms with Crippen LogP contribution in [0.3, 0.4) is 0 Å². The van der Waals surface area contributed by atoms with Crippen LogP contribution in [-0.2, 0) is 27.3 Å². The lowest BCUT2D eigenvalue weighted by Crippen LogP contribution is -2.39. The van der Waals surface area contributed by atoms with Gasteiger partial charge in [-0.15, -0.1) is 0 Å². The molecule has 0 spiro atoms. The lowest BCUT2D eigenvalue weighted by atomic mass is 10.0. The maximum absolute atomic E-state index is 10.9. The summed E-state index contributed by atoms with van der Waals surface area (Å²) < 4.78 is 0. The van der Waals surface area contributed by atoms with E-state index in [-0.39, 0.29) is 5.91 Å². The van der Waals surface area contributed by atoms with E-state index < -0.39 is 24.1 Å². The summed E-state index contributed by atoms with van der Waals surface area (Å²) in [5.41, 5.74) is 4.90. The topological polar surface area (TPSA) is 144 Å². The summed E-state index contributed by atoms with van der Waals surface area (Å²) >= 11 is 0. The number of hydrogen-bond donors (Lipinski definition) is 5. The molecule has 0 radical (unpaired) electrons. The summed E-state index contributed by atoms with van der Waals surface area (Å²) in [6.45, 7) is 4.28. The lowest BCUT2D eigenvalue weighted by molar-refractivity contribution is -0.165. The Morgan fingerprint density at radius 3 is 1.48 bits per heavy atom. The second kappa shape index (κ2) is 11.6. The number of hydrogen-bond acceptors (Lipinski definition) is 5. The highest BCUT2D eigenvalue weighted by atomic mass is 16.4. The van der Waals surface area contributed by atoms with E-state index in [1.54, 1.807) is 0 Å². The minimum Gasteiger partial charge on any atom is -0.479 e. The Kier molecular flexibility index (Phi) is 9.50. The number of carboxylic acid groups (broad SMARTS) is 2. The van der Waals surface area contributed by atoms with Crippen LogP contribution in [0, 0.1) is 0 Å². The van der Waals surface area contributed by atoms with E-state index in [9.17, 15) is 14.4 Å². The normalized spacial score (nSPS) is 12.1. The predicted octanol–water partition coefficient (Wildman–Crippen LogP) is 1.43. The molecule has 8 nitrogen and oxygen atoms in total. The van der Waals surface area contributed by atoms with Crippen molar-refractivity contribution in [1.82, 2.24) is 5.32 Å². The number of aliphatic hydroxyl groups is 2. The Morgan fingerprint density at radius 2 is 1.17 bits per heavy atom. The van der Waals surface area contributed by atoms with E-state index in [1.165, 1.54) is 23.6 Å². The standard InChI is InChI=1S/C17H19NO.C4H6O6/c1-3-14-4-8-16(9-5-14)17-10-6-15(7-11-17)12-18-13(2)19;5-1(3(7)8)2(6)4(9)10/h4-11H,3,12H2,1-2H3,(H,18,19);1-2,5-6H,(H,7,8)(H,9,10). The van der Waals surface area contributed by atoms with Crippen LogP contribution >= 0.6 is 0 Å². The molecule has 5 N–H and O–H groups in total. The second-order valence-electron chi connectivity index (χ2n) is 6.22. The monoisotopic (exact) mass is 403 g/mol. The molecule has 0 aliphatic heterocycles. The van der Waals surface area contributed by atoms with Crippen LogP contribution in [0.5, 0.6) is 0 Å². The van der Waals surface area contributed by atoms with Gasteiger partial charge in [-0.25, -0.2) is 9.59 Å². The van der Waals surface area contributed by atoms with Gasteiger partial charge in [0.1, 0.15) is 0 Å². The molecule has 2 aromatic rings. The minimum atomic E-state index is -2.27. The molecule has 0 aliphatic rings. The van der Waals surface area contributed by atoms with Crippen molar-refractivity contribution in [2.75, 3.05) is 0 Å². The van der Waals surface area contributed by atoms with Crippen molar-refractivity contribution in [3.63, 3.8) is 0 Å². The van der Waals surface area contributed by atoms with Crippen molar-refractivity contribution in [3.05, 3.63) is 59.7 Å². The molecule has 0 aromatic heterocycles. The number of aryl methyl sites for hydroxylation is 1. The van der Waals surface area contributed by atoms with E-state index >= 15 is 0 Å². The average molecular weight is 403 g/mol. The zero-order chi connectivity index (χ0) is 22.0. The molecule has 156 valence electrons. The number of aliphatic hydroxyl groups excluding tert-OH is 2. The first-order valence-corrected chi connectivity index (χ1v) is 8.90. The van der Waals surface area contributed by atoms with E-state index in [2.05, 4.69) is 60.8 Å². The Labute approximate surface area is 168 Å². The molecular formula is C21H25NO7. The quantitative estimate of drug-likeness (QED) is 0.470. The molecule has 0 bridgehead atoms. The molecule has 2 unspecified atom stereocenters. The molecule has 2 rings (SSSR count). The first-order chi connectivity index (χ1) is 13.6. The zero-order valence-corrected chi connectivity index (χ0v) is 16.2. The first-order valence-electron chi connectivity index (χ1n) is 8.90. The number of aliphatic carboxylic acids is 2. The number of carbonyl (C=O) groups is 3. The maximum atomic E-state index is 10.9.